The summed E-state index contributed by atoms with van der Waals surface area (Å²) in [5.41, 5.74) is 1.11. The quantitative estimate of drug-likeness (QED) is 0.752. The number of nitrogens with one attached hydrogen (secondary N) is 1. The standard InChI is InChI=1S/C13H8BrN3O3/c14-8-3-1-7(2-4-8)9-6-12(18)17-11(15-9)5-10(16-17)13(19)20/h1-6,16H,(H,19,20). The van der Waals surface area contributed by atoms with Crippen molar-refractivity contribution >= 4 is 27.5 Å². The van der Waals surface area contributed by atoms with Gasteiger partial charge in [-0.05, 0) is 12.1 Å². The lowest BCUT2D eigenvalue weighted by Crippen LogP contribution is -2.14. The number of halogens is 1. The Kier molecular flexibility index (Phi) is 2.90. The Morgan fingerprint density at radius 3 is 2.60 bits per heavy atom. The van der Waals surface area contributed by atoms with E-state index in [4.69, 9.17) is 5.11 Å². The minimum Gasteiger partial charge on any atom is -0.477 e. The number of aromatic amines is 1. The number of carbonyl (C=O) groups is 1. The van der Waals surface area contributed by atoms with E-state index < -0.39 is 5.97 Å². The molecule has 0 amide bonds. The molecule has 0 atom stereocenters. The fourth-order valence-corrected chi connectivity index (χ4v) is 2.13. The molecule has 6 nitrogen and oxygen atoms in total. The molecule has 2 aromatic heterocycles. The highest BCUT2D eigenvalue weighted by Gasteiger charge is 2.11. The van der Waals surface area contributed by atoms with Crippen LogP contribution >= 0.6 is 15.9 Å². The molecule has 100 valence electrons. The highest BCUT2D eigenvalue weighted by atomic mass is 79.9. The second kappa shape index (κ2) is 4.61. The summed E-state index contributed by atoms with van der Waals surface area (Å²) in [5, 5.41) is 11.4. The average molecular weight is 334 g/mol. The molecule has 1 aromatic carbocycles. The van der Waals surface area contributed by atoms with Gasteiger partial charge in [0.05, 0.1) is 5.69 Å². The molecule has 7 heteroatoms. The second-order valence-corrected chi connectivity index (χ2v) is 5.07. The van der Waals surface area contributed by atoms with Gasteiger partial charge in [0.2, 0.25) is 0 Å². The van der Waals surface area contributed by atoms with Crippen molar-refractivity contribution in [3.63, 3.8) is 0 Å². The lowest BCUT2D eigenvalue weighted by molar-refractivity contribution is 0.0690. The molecule has 20 heavy (non-hydrogen) atoms. The molecule has 0 aliphatic heterocycles. The molecule has 0 unspecified atom stereocenters. The van der Waals surface area contributed by atoms with Gasteiger partial charge >= 0.3 is 5.97 Å². The molecule has 0 fully saturated rings. The number of aromatic carboxylic acids is 1. The van der Waals surface area contributed by atoms with E-state index >= 15 is 0 Å². The third-order valence-corrected chi connectivity index (χ3v) is 3.35. The van der Waals surface area contributed by atoms with Gasteiger partial charge in [0, 0.05) is 22.2 Å². The predicted molar refractivity (Wildman–Crippen MR) is 75.9 cm³/mol. The summed E-state index contributed by atoms with van der Waals surface area (Å²) in [6.45, 7) is 0. The molecular formula is C13H8BrN3O3. The topological polar surface area (TPSA) is 87.5 Å². The van der Waals surface area contributed by atoms with Gasteiger partial charge in [0.15, 0.2) is 5.65 Å². The maximum absolute atomic E-state index is 12.0. The van der Waals surface area contributed by atoms with E-state index in [2.05, 4.69) is 26.0 Å². The van der Waals surface area contributed by atoms with Crippen molar-refractivity contribution in [2.45, 2.75) is 0 Å². The number of carboxylic acid groups (broad SMARTS) is 1. The summed E-state index contributed by atoms with van der Waals surface area (Å²) in [4.78, 5) is 27.2. The Labute approximate surface area is 120 Å². The Morgan fingerprint density at radius 2 is 1.95 bits per heavy atom. The van der Waals surface area contributed by atoms with E-state index in [0.29, 0.717) is 5.69 Å². The molecule has 0 saturated carbocycles. The lowest BCUT2D eigenvalue weighted by atomic mass is 10.1. The predicted octanol–water partition coefficient (Wildman–Crippen LogP) is 2.15. The zero-order chi connectivity index (χ0) is 14.3. The number of H-pyrrole nitrogens is 1. The number of fused-ring (bicyclic) bond motifs is 1. The molecule has 0 aliphatic rings. The van der Waals surface area contributed by atoms with Gasteiger partial charge in [-0.3, -0.25) is 9.89 Å². The summed E-state index contributed by atoms with van der Waals surface area (Å²) < 4.78 is 2.03. The molecule has 0 aliphatic carbocycles. The summed E-state index contributed by atoms with van der Waals surface area (Å²) in [7, 11) is 0. The van der Waals surface area contributed by atoms with Crippen LogP contribution in [0.25, 0.3) is 16.9 Å². The molecule has 3 rings (SSSR count). The number of carboxylic acids is 1. The van der Waals surface area contributed by atoms with Crippen LogP contribution < -0.4 is 5.56 Å². The highest BCUT2D eigenvalue weighted by molar-refractivity contribution is 9.10. The van der Waals surface area contributed by atoms with E-state index in [9.17, 15) is 9.59 Å². The van der Waals surface area contributed by atoms with Gasteiger partial charge in [-0.2, -0.15) is 0 Å². The van der Waals surface area contributed by atoms with Crippen LogP contribution in [0.3, 0.4) is 0 Å². The van der Waals surface area contributed by atoms with Crippen LogP contribution in [0.1, 0.15) is 10.5 Å². The lowest BCUT2D eigenvalue weighted by Gasteiger charge is -2.01. The number of benzene rings is 1. The third-order valence-electron chi connectivity index (χ3n) is 2.82. The molecular weight excluding hydrogens is 326 g/mol. The fraction of sp³-hybridized carbons (Fsp3) is 0. The van der Waals surface area contributed by atoms with Crippen LogP contribution in [0, 0.1) is 0 Å². The van der Waals surface area contributed by atoms with Crippen molar-refractivity contribution < 1.29 is 9.90 Å². The largest absolute Gasteiger partial charge is 0.477 e. The smallest absolute Gasteiger partial charge is 0.353 e. The van der Waals surface area contributed by atoms with Crippen molar-refractivity contribution in [2.24, 2.45) is 0 Å². The first-order chi connectivity index (χ1) is 9.54. The summed E-state index contributed by atoms with van der Waals surface area (Å²) >= 11 is 3.33. The maximum Gasteiger partial charge on any atom is 0.353 e. The second-order valence-electron chi connectivity index (χ2n) is 4.16. The van der Waals surface area contributed by atoms with Gasteiger partial charge in [-0.15, -0.1) is 0 Å². The van der Waals surface area contributed by atoms with E-state index in [0.717, 1.165) is 14.6 Å². The molecule has 0 radical (unpaired) electrons. The zero-order valence-electron chi connectivity index (χ0n) is 10.0. The Bertz CT molecular complexity index is 865. The first-order valence-corrected chi connectivity index (χ1v) is 6.46. The van der Waals surface area contributed by atoms with Gasteiger partial charge < -0.3 is 5.11 Å². The highest BCUT2D eigenvalue weighted by Crippen LogP contribution is 2.19. The Morgan fingerprint density at radius 1 is 1.25 bits per heavy atom. The van der Waals surface area contributed by atoms with Crippen LogP contribution in [-0.2, 0) is 0 Å². The minimum absolute atomic E-state index is 0.0810. The van der Waals surface area contributed by atoms with Crippen molar-refractivity contribution in [3.8, 4) is 11.3 Å². The monoisotopic (exact) mass is 333 g/mol. The molecule has 0 spiro atoms. The summed E-state index contributed by atoms with van der Waals surface area (Å²) in [5.74, 6) is -1.14. The zero-order valence-corrected chi connectivity index (χ0v) is 11.6. The van der Waals surface area contributed by atoms with Gasteiger partial charge in [-0.1, -0.05) is 28.1 Å². The SMILES string of the molecule is O=C(O)c1cc2nc(-c3ccc(Br)cc3)cc(=O)n2[nH]1. The molecule has 2 heterocycles. The number of hydrogen-bond acceptors (Lipinski definition) is 3. The summed E-state index contributed by atoms with van der Waals surface area (Å²) in [6, 6.07) is 10.0. The number of rotatable bonds is 2. The van der Waals surface area contributed by atoms with Crippen LogP contribution in [0.4, 0.5) is 0 Å². The minimum atomic E-state index is -1.14. The fourth-order valence-electron chi connectivity index (χ4n) is 1.87. The third kappa shape index (κ3) is 2.12. The Balaban J connectivity index is 2.21. The van der Waals surface area contributed by atoms with Crippen molar-refractivity contribution in [1.82, 2.24) is 14.6 Å². The number of aromatic nitrogens is 3. The van der Waals surface area contributed by atoms with E-state index in [1.807, 2.05) is 24.3 Å². The van der Waals surface area contributed by atoms with Crippen molar-refractivity contribution in [1.29, 1.82) is 0 Å². The van der Waals surface area contributed by atoms with E-state index in [-0.39, 0.29) is 16.9 Å². The maximum atomic E-state index is 12.0. The normalized spacial score (nSPS) is 10.8. The number of nitrogens with zero attached hydrogens (tertiary/aromatic N) is 2. The van der Waals surface area contributed by atoms with Crippen LogP contribution in [0.5, 0.6) is 0 Å². The van der Waals surface area contributed by atoms with E-state index in [1.54, 1.807) is 0 Å². The number of hydrogen-bond donors (Lipinski definition) is 2. The van der Waals surface area contributed by atoms with Crippen molar-refractivity contribution in [3.05, 3.63) is 56.9 Å². The van der Waals surface area contributed by atoms with Crippen molar-refractivity contribution in [2.75, 3.05) is 0 Å². The first kappa shape index (κ1) is 12.6. The molecule has 0 saturated heterocycles. The molecule has 2 N–H and O–H groups in total. The average Bonchev–Trinajstić information content (AvgIpc) is 2.84. The van der Waals surface area contributed by atoms with E-state index in [1.165, 1.54) is 12.1 Å². The summed E-state index contributed by atoms with van der Waals surface area (Å²) in [6.07, 6.45) is 0. The van der Waals surface area contributed by atoms with Crippen LogP contribution in [0.2, 0.25) is 0 Å². The van der Waals surface area contributed by atoms with Gasteiger partial charge in [-0.25, -0.2) is 14.3 Å². The molecule has 0 bridgehead atoms. The first-order valence-electron chi connectivity index (χ1n) is 5.66. The Hall–Kier alpha value is -2.41. The van der Waals surface area contributed by atoms with Gasteiger partial charge in [0.1, 0.15) is 5.69 Å². The van der Waals surface area contributed by atoms with Crippen LogP contribution in [0.15, 0.2) is 45.7 Å². The van der Waals surface area contributed by atoms with Crippen LogP contribution in [-0.4, -0.2) is 25.7 Å². The van der Waals surface area contributed by atoms with Gasteiger partial charge in [0.25, 0.3) is 5.56 Å². The molecule has 3 aromatic rings.